The molecule has 2 unspecified atom stereocenters. The normalized spacial score (nSPS) is 23.4. The maximum absolute atomic E-state index is 10.9. The van der Waals surface area contributed by atoms with Crippen LogP contribution in [0.25, 0.3) is 11.3 Å². The zero-order chi connectivity index (χ0) is 13.5. The highest BCUT2D eigenvalue weighted by Crippen LogP contribution is 2.44. The minimum atomic E-state index is -0.299. The molecule has 20 heavy (non-hydrogen) atoms. The van der Waals surface area contributed by atoms with Gasteiger partial charge in [-0.15, -0.1) is 0 Å². The molecule has 0 bridgehead atoms. The molecule has 2 heterocycles. The Morgan fingerprint density at radius 2 is 1.95 bits per heavy atom. The third-order valence-corrected chi connectivity index (χ3v) is 4.98. The summed E-state index contributed by atoms with van der Waals surface area (Å²) in [6, 6.07) is 8.46. The first kappa shape index (κ1) is 12.2. The molecule has 1 aliphatic heterocycles. The third-order valence-electron chi connectivity index (χ3n) is 4.98. The van der Waals surface area contributed by atoms with E-state index in [0.717, 1.165) is 18.5 Å². The van der Waals surface area contributed by atoms with E-state index < -0.39 is 0 Å². The van der Waals surface area contributed by atoms with E-state index in [1.54, 1.807) is 0 Å². The van der Waals surface area contributed by atoms with Gasteiger partial charge in [-0.3, -0.25) is 0 Å². The molecule has 1 aliphatic carbocycles. The van der Waals surface area contributed by atoms with E-state index in [-0.39, 0.29) is 12.1 Å². The minimum absolute atomic E-state index is 0.0480. The van der Waals surface area contributed by atoms with Gasteiger partial charge < -0.3 is 9.67 Å². The molecule has 104 valence electrons. The number of nitrogens with zero attached hydrogens (tertiary/aromatic N) is 2. The molecule has 3 nitrogen and oxygen atoms in total. The molecular formula is C17H20N2O. The second kappa shape index (κ2) is 4.74. The van der Waals surface area contributed by atoms with Crippen molar-refractivity contribution in [1.29, 1.82) is 0 Å². The Morgan fingerprint density at radius 1 is 1.15 bits per heavy atom. The molecule has 4 rings (SSSR count). The topological polar surface area (TPSA) is 38.1 Å². The van der Waals surface area contributed by atoms with E-state index in [1.165, 1.54) is 30.4 Å². The molecule has 0 radical (unpaired) electrons. The van der Waals surface area contributed by atoms with Crippen molar-refractivity contribution in [2.24, 2.45) is 5.92 Å². The van der Waals surface area contributed by atoms with E-state index in [1.807, 2.05) is 12.5 Å². The largest absolute Gasteiger partial charge is 0.390 e. The van der Waals surface area contributed by atoms with Gasteiger partial charge in [0.1, 0.15) is 0 Å². The highest BCUT2D eigenvalue weighted by atomic mass is 16.3. The van der Waals surface area contributed by atoms with Crippen molar-refractivity contribution in [2.75, 3.05) is 0 Å². The molecule has 2 atom stereocenters. The van der Waals surface area contributed by atoms with Crippen LogP contribution in [0.5, 0.6) is 0 Å². The maximum Gasteiger partial charge on any atom is 0.0957 e. The quantitative estimate of drug-likeness (QED) is 0.906. The molecule has 0 saturated heterocycles. The smallest absolute Gasteiger partial charge is 0.0957 e. The highest BCUT2D eigenvalue weighted by Gasteiger charge is 2.37. The van der Waals surface area contributed by atoms with Crippen LogP contribution in [-0.2, 0) is 0 Å². The van der Waals surface area contributed by atoms with Crippen LogP contribution in [0.4, 0.5) is 0 Å². The van der Waals surface area contributed by atoms with Gasteiger partial charge in [0.2, 0.25) is 0 Å². The Hall–Kier alpha value is -1.61. The van der Waals surface area contributed by atoms with E-state index >= 15 is 0 Å². The highest BCUT2D eigenvalue weighted by molar-refractivity contribution is 5.69. The predicted molar refractivity (Wildman–Crippen MR) is 78.4 cm³/mol. The fourth-order valence-electron chi connectivity index (χ4n) is 3.95. The summed E-state index contributed by atoms with van der Waals surface area (Å²) in [6.07, 6.45) is 9.62. The van der Waals surface area contributed by atoms with Crippen LogP contribution in [0.2, 0.25) is 0 Å². The summed E-state index contributed by atoms with van der Waals surface area (Å²) in [7, 11) is 0. The fraction of sp³-hybridized carbons (Fsp3) is 0.471. The van der Waals surface area contributed by atoms with E-state index in [4.69, 9.17) is 0 Å². The Kier molecular flexibility index (Phi) is 2.88. The molecule has 1 N–H and O–H groups in total. The molecule has 1 saturated carbocycles. The summed E-state index contributed by atoms with van der Waals surface area (Å²) >= 11 is 0. The molecule has 2 aliphatic rings. The zero-order valence-electron chi connectivity index (χ0n) is 11.6. The molecule has 0 spiro atoms. The van der Waals surface area contributed by atoms with Gasteiger partial charge in [-0.2, -0.15) is 0 Å². The van der Waals surface area contributed by atoms with Crippen LogP contribution in [0.15, 0.2) is 36.8 Å². The van der Waals surface area contributed by atoms with Gasteiger partial charge in [-0.25, -0.2) is 4.98 Å². The van der Waals surface area contributed by atoms with E-state index in [9.17, 15) is 5.11 Å². The predicted octanol–water partition coefficient (Wildman–Crippen LogP) is 3.39. The van der Waals surface area contributed by atoms with Crippen LogP contribution in [0.3, 0.4) is 0 Å². The van der Waals surface area contributed by atoms with Gasteiger partial charge in [0.05, 0.1) is 30.4 Å². The van der Waals surface area contributed by atoms with Gasteiger partial charge in [0, 0.05) is 5.56 Å². The lowest BCUT2D eigenvalue weighted by atomic mass is 9.81. The summed E-state index contributed by atoms with van der Waals surface area (Å²) in [5, 5.41) is 10.9. The first-order chi connectivity index (χ1) is 9.86. The minimum Gasteiger partial charge on any atom is -0.390 e. The molecule has 1 fully saturated rings. The van der Waals surface area contributed by atoms with Crippen LogP contribution < -0.4 is 0 Å². The Labute approximate surface area is 119 Å². The van der Waals surface area contributed by atoms with Crippen molar-refractivity contribution in [3.63, 3.8) is 0 Å². The lowest BCUT2D eigenvalue weighted by molar-refractivity contribution is 0.0536. The van der Waals surface area contributed by atoms with Crippen molar-refractivity contribution >= 4 is 0 Å². The van der Waals surface area contributed by atoms with Gasteiger partial charge in [-0.1, -0.05) is 43.5 Å². The van der Waals surface area contributed by atoms with Crippen molar-refractivity contribution in [2.45, 2.75) is 44.2 Å². The Bertz CT molecular complexity index is 613. The number of aliphatic hydroxyl groups excluding tert-OH is 1. The number of imidazole rings is 1. The van der Waals surface area contributed by atoms with Crippen molar-refractivity contribution in [3.8, 4) is 11.3 Å². The maximum atomic E-state index is 10.9. The summed E-state index contributed by atoms with van der Waals surface area (Å²) in [5.41, 5.74) is 3.62. The molecular weight excluding hydrogens is 248 g/mol. The van der Waals surface area contributed by atoms with Crippen molar-refractivity contribution in [3.05, 3.63) is 42.4 Å². The number of hydrogen-bond donors (Lipinski definition) is 1. The molecule has 2 aromatic rings. The van der Waals surface area contributed by atoms with Crippen LogP contribution >= 0.6 is 0 Å². The molecule has 3 heteroatoms. The van der Waals surface area contributed by atoms with E-state index in [0.29, 0.717) is 5.92 Å². The third kappa shape index (κ3) is 1.73. The molecule has 1 aromatic carbocycles. The number of fused-ring (bicyclic) bond motifs is 3. The van der Waals surface area contributed by atoms with Crippen molar-refractivity contribution in [1.82, 2.24) is 9.55 Å². The fourth-order valence-corrected chi connectivity index (χ4v) is 3.95. The van der Waals surface area contributed by atoms with Crippen LogP contribution in [0.1, 0.15) is 43.7 Å². The second-order valence-corrected chi connectivity index (χ2v) is 6.11. The number of hydrogen-bond acceptors (Lipinski definition) is 2. The number of aromatic nitrogens is 2. The van der Waals surface area contributed by atoms with Crippen LogP contribution in [0, 0.1) is 5.92 Å². The summed E-state index contributed by atoms with van der Waals surface area (Å²) in [6.45, 7) is 0. The summed E-state index contributed by atoms with van der Waals surface area (Å²) in [4.78, 5) is 4.27. The average molecular weight is 268 g/mol. The Balaban J connectivity index is 1.74. The first-order valence-electron chi connectivity index (χ1n) is 7.65. The first-order valence-corrected chi connectivity index (χ1v) is 7.65. The lowest BCUT2D eigenvalue weighted by Gasteiger charge is -2.31. The zero-order valence-corrected chi connectivity index (χ0v) is 11.6. The van der Waals surface area contributed by atoms with Crippen LogP contribution in [-0.4, -0.2) is 20.8 Å². The molecule has 0 amide bonds. The summed E-state index contributed by atoms with van der Waals surface area (Å²) in [5.74, 6) is 0.426. The number of benzene rings is 1. The summed E-state index contributed by atoms with van der Waals surface area (Å²) < 4.78 is 2.16. The average Bonchev–Trinajstić information content (AvgIpc) is 3.08. The van der Waals surface area contributed by atoms with Gasteiger partial charge >= 0.3 is 0 Å². The number of rotatable bonds is 2. The second-order valence-electron chi connectivity index (χ2n) is 6.11. The van der Waals surface area contributed by atoms with E-state index in [2.05, 4.69) is 33.8 Å². The number of aliphatic hydroxyl groups is 1. The SMILES string of the molecule is OC(C1CCCCC1)C1c2ccccc2-c2cncn21. The standard InChI is InChI=1S/C17H20N2O/c20-17(12-6-2-1-3-7-12)16-14-9-5-4-8-13(14)15-10-18-11-19(15)16/h4-5,8-12,16-17,20H,1-3,6-7H2. The van der Waals surface area contributed by atoms with Crippen molar-refractivity contribution < 1.29 is 5.11 Å². The van der Waals surface area contributed by atoms with Gasteiger partial charge in [0.25, 0.3) is 0 Å². The lowest BCUT2D eigenvalue weighted by Crippen LogP contribution is -2.31. The monoisotopic (exact) mass is 268 g/mol. The van der Waals surface area contributed by atoms with Gasteiger partial charge in [0.15, 0.2) is 0 Å². The Morgan fingerprint density at radius 3 is 2.80 bits per heavy atom. The molecule has 1 aromatic heterocycles. The van der Waals surface area contributed by atoms with Gasteiger partial charge in [-0.05, 0) is 24.3 Å².